The third-order valence-corrected chi connectivity index (χ3v) is 6.80. The Hall–Kier alpha value is -1.90. The Balaban J connectivity index is 1.42. The summed E-state index contributed by atoms with van der Waals surface area (Å²) >= 11 is 1.69. The number of nitrogens with one attached hydrogen (secondary N) is 2. The number of amides is 2. The normalized spacial score (nSPS) is 33.0. The van der Waals surface area contributed by atoms with Crippen molar-refractivity contribution in [2.45, 2.75) is 61.7 Å². The van der Waals surface area contributed by atoms with Crippen molar-refractivity contribution in [2.24, 2.45) is 5.92 Å². The molecule has 0 aromatic carbocycles. The molecule has 0 bridgehead atoms. The zero-order valence-corrected chi connectivity index (χ0v) is 15.1. The van der Waals surface area contributed by atoms with E-state index in [2.05, 4.69) is 51.9 Å². The third kappa shape index (κ3) is 2.84. The first-order valence-corrected chi connectivity index (χ1v) is 9.53. The van der Waals surface area contributed by atoms with E-state index in [1.807, 2.05) is 0 Å². The monoisotopic (exact) mass is 362 g/mol. The van der Waals surface area contributed by atoms with Crippen LogP contribution in [-0.4, -0.2) is 53.5 Å². The van der Waals surface area contributed by atoms with E-state index in [1.165, 1.54) is 0 Å². The molecule has 3 unspecified atom stereocenters. The molecule has 4 rings (SSSR count). The van der Waals surface area contributed by atoms with Crippen LogP contribution in [0.2, 0.25) is 0 Å². The number of aromatic nitrogens is 4. The molecule has 3 aliphatic rings. The number of allylic oxidation sites excluding steroid dienone is 2. The van der Waals surface area contributed by atoms with Crippen LogP contribution in [0.3, 0.4) is 0 Å². The van der Waals surface area contributed by atoms with E-state index < -0.39 is 6.04 Å². The van der Waals surface area contributed by atoms with E-state index in [4.69, 9.17) is 0 Å². The van der Waals surface area contributed by atoms with Crippen molar-refractivity contribution >= 4 is 23.6 Å². The standard InChI is InChI=1S/C16H22N6O2S/c1-16(2)12(13-18-20-21-19-13)22-14(24)11(15(22)25-16)17-10(23)8-9-6-4-3-5-7-9/h3-4,9,11-12,15H,5-8H2,1-2H3,(H,17,23)(H,18,19,20,21)/t9?,11?,12?,15-/m1/s1. The van der Waals surface area contributed by atoms with Crippen molar-refractivity contribution in [3.05, 3.63) is 18.0 Å². The van der Waals surface area contributed by atoms with Gasteiger partial charge in [0.1, 0.15) is 17.5 Å². The minimum atomic E-state index is -0.447. The largest absolute Gasteiger partial charge is 0.342 e. The highest BCUT2D eigenvalue weighted by Gasteiger charge is 2.63. The molecule has 2 saturated heterocycles. The maximum atomic E-state index is 12.7. The third-order valence-electron chi connectivity index (χ3n) is 5.23. The summed E-state index contributed by atoms with van der Waals surface area (Å²) in [7, 11) is 0. The Morgan fingerprint density at radius 2 is 2.32 bits per heavy atom. The number of hydrogen-bond donors (Lipinski definition) is 2. The molecule has 4 atom stereocenters. The molecule has 1 aliphatic carbocycles. The van der Waals surface area contributed by atoms with E-state index >= 15 is 0 Å². The summed E-state index contributed by atoms with van der Waals surface area (Å²) < 4.78 is -0.227. The molecule has 9 heteroatoms. The zero-order chi connectivity index (χ0) is 17.6. The highest BCUT2D eigenvalue weighted by molar-refractivity contribution is 8.01. The van der Waals surface area contributed by atoms with Crippen molar-refractivity contribution in [1.29, 1.82) is 0 Å². The molecule has 2 aliphatic heterocycles. The maximum absolute atomic E-state index is 12.7. The molecule has 25 heavy (non-hydrogen) atoms. The van der Waals surface area contributed by atoms with Gasteiger partial charge in [0.15, 0.2) is 5.82 Å². The molecule has 2 fully saturated rings. The fraction of sp³-hybridized carbons (Fsp3) is 0.688. The summed E-state index contributed by atoms with van der Waals surface area (Å²) in [4.78, 5) is 26.8. The highest BCUT2D eigenvalue weighted by atomic mass is 32.2. The lowest BCUT2D eigenvalue weighted by molar-refractivity contribution is -0.152. The van der Waals surface area contributed by atoms with Gasteiger partial charge in [-0.2, -0.15) is 0 Å². The summed E-state index contributed by atoms with van der Waals surface area (Å²) in [6, 6.07) is -0.654. The number of rotatable bonds is 4. The van der Waals surface area contributed by atoms with Crippen LogP contribution < -0.4 is 5.32 Å². The number of aromatic amines is 1. The van der Waals surface area contributed by atoms with Crippen LogP contribution in [0, 0.1) is 5.92 Å². The predicted octanol–water partition coefficient (Wildman–Crippen LogP) is 1.17. The van der Waals surface area contributed by atoms with Gasteiger partial charge < -0.3 is 10.2 Å². The molecule has 3 heterocycles. The molecule has 1 aromatic heterocycles. The molecule has 2 N–H and O–H groups in total. The second-order valence-electron chi connectivity index (χ2n) is 7.45. The van der Waals surface area contributed by atoms with Crippen molar-refractivity contribution in [3.8, 4) is 0 Å². The van der Waals surface area contributed by atoms with Gasteiger partial charge in [-0.3, -0.25) is 9.59 Å². The van der Waals surface area contributed by atoms with Gasteiger partial charge in [0.25, 0.3) is 0 Å². The van der Waals surface area contributed by atoms with E-state index in [-0.39, 0.29) is 28.0 Å². The second kappa shape index (κ2) is 6.12. The minimum Gasteiger partial charge on any atom is -0.342 e. The minimum absolute atomic E-state index is 0.0264. The van der Waals surface area contributed by atoms with E-state index in [1.54, 1.807) is 16.7 Å². The maximum Gasteiger partial charge on any atom is 0.249 e. The van der Waals surface area contributed by atoms with Crippen molar-refractivity contribution in [3.63, 3.8) is 0 Å². The fourth-order valence-corrected chi connectivity index (χ4v) is 5.64. The van der Waals surface area contributed by atoms with Gasteiger partial charge in [-0.15, -0.1) is 16.9 Å². The Morgan fingerprint density at radius 3 is 3.00 bits per heavy atom. The average molecular weight is 362 g/mol. The highest BCUT2D eigenvalue weighted by Crippen LogP contribution is 2.56. The number of β-lactam (4-membered cyclic amide) rings is 1. The quantitative estimate of drug-likeness (QED) is 0.615. The van der Waals surface area contributed by atoms with E-state index in [0.29, 0.717) is 18.2 Å². The van der Waals surface area contributed by atoms with Gasteiger partial charge in [0.05, 0.1) is 0 Å². The van der Waals surface area contributed by atoms with E-state index in [0.717, 1.165) is 19.3 Å². The second-order valence-corrected chi connectivity index (χ2v) is 9.22. The van der Waals surface area contributed by atoms with Crippen LogP contribution in [0.1, 0.15) is 51.4 Å². The summed E-state index contributed by atoms with van der Waals surface area (Å²) in [5, 5.41) is 16.9. The Kier molecular flexibility index (Phi) is 4.05. The number of hydrogen-bond acceptors (Lipinski definition) is 6. The number of H-pyrrole nitrogens is 1. The first kappa shape index (κ1) is 16.6. The topological polar surface area (TPSA) is 104 Å². The van der Waals surface area contributed by atoms with Gasteiger partial charge in [-0.05, 0) is 49.5 Å². The lowest BCUT2D eigenvalue weighted by Crippen LogP contribution is -2.68. The predicted molar refractivity (Wildman–Crippen MR) is 92.3 cm³/mol. The van der Waals surface area contributed by atoms with Gasteiger partial charge in [-0.1, -0.05) is 12.2 Å². The van der Waals surface area contributed by atoms with Gasteiger partial charge >= 0.3 is 0 Å². The Morgan fingerprint density at radius 1 is 1.48 bits per heavy atom. The number of tetrazole rings is 1. The first-order valence-electron chi connectivity index (χ1n) is 8.65. The molecule has 8 nitrogen and oxygen atoms in total. The van der Waals surface area contributed by atoms with Crippen LogP contribution in [0.5, 0.6) is 0 Å². The van der Waals surface area contributed by atoms with Crippen molar-refractivity contribution in [1.82, 2.24) is 30.8 Å². The number of nitrogens with zero attached hydrogens (tertiary/aromatic N) is 4. The van der Waals surface area contributed by atoms with Gasteiger partial charge in [-0.25, -0.2) is 5.10 Å². The van der Waals surface area contributed by atoms with Gasteiger partial charge in [0.2, 0.25) is 11.8 Å². The lowest BCUT2D eigenvalue weighted by Gasteiger charge is -2.44. The first-order chi connectivity index (χ1) is 12.0. The van der Waals surface area contributed by atoms with Crippen molar-refractivity contribution in [2.75, 3.05) is 0 Å². The number of carbonyl (C=O) groups excluding carboxylic acids is 2. The molecule has 0 saturated carbocycles. The Labute approximate surface area is 150 Å². The van der Waals surface area contributed by atoms with E-state index in [9.17, 15) is 9.59 Å². The summed E-state index contributed by atoms with van der Waals surface area (Å²) in [6.07, 6.45) is 7.82. The van der Waals surface area contributed by atoms with Crippen LogP contribution in [0.15, 0.2) is 12.2 Å². The van der Waals surface area contributed by atoms with Crippen molar-refractivity contribution < 1.29 is 9.59 Å². The Bertz CT molecular complexity index is 703. The lowest BCUT2D eigenvalue weighted by atomic mass is 9.91. The number of carbonyl (C=O) groups is 2. The summed E-state index contributed by atoms with van der Waals surface area (Å²) in [5.74, 6) is 0.895. The SMILES string of the molecule is CC1(C)S[C@@H]2C(NC(=O)CC3CC=CCC3)C(=O)N2C1c1nnn[nH]1. The molecule has 2 amide bonds. The summed E-state index contributed by atoms with van der Waals surface area (Å²) in [6.45, 7) is 4.15. The molecular weight excluding hydrogens is 340 g/mol. The van der Waals surface area contributed by atoms with Crippen LogP contribution in [-0.2, 0) is 9.59 Å². The smallest absolute Gasteiger partial charge is 0.249 e. The summed E-state index contributed by atoms with van der Waals surface area (Å²) in [5.41, 5.74) is 0. The van der Waals surface area contributed by atoms with Gasteiger partial charge in [0, 0.05) is 11.2 Å². The zero-order valence-electron chi connectivity index (χ0n) is 14.3. The molecule has 0 radical (unpaired) electrons. The number of thioether (sulfide) groups is 1. The fourth-order valence-electron chi connectivity index (χ4n) is 4.01. The van der Waals surface area contributed by atoms with Crippen LogP contribution in [0.4, 0.5) is 0 Å². The number of fused-ring (bicyclic) bond motifs is 1. The molecule has 134 valence electrons. The molecule has 1 aromatic rings. The van der Waals surface area contributed by atoms with Crippen LogP contribution >= 0.6 is 11.8 Å². The molecular formula is C16H22N6O2S. The average Bonchev–Trinajstić information content (AvgIpc) is 3.18. The van der Waals surface area contributed by atoms with Crippen LogP contribution in [0.25, 0.3) is 0 Å². The molecule has 0 spiro atoms.